The summed E-state index contributed by atoms with van der Waals surface area (Å²) in [5, 5.41) is 0. The van der Waals surface area contributed by atoms with E-state index in [-0.39, 0.29) is 12.0 Å². The van der Waals surface area contributed by atoms with Gasteiger partial charge in [0.05, 0.1) is 12.8 Å². The van der Waals surface area contributed by atoms with Gasteiger partial charge in [-0.25, -0.2) is 4.98 Å². The molecule has 4 nitrogen and oxygen atoms in total. The van der Waals surface area contributed by atoms with Gasteiger partial charge in [-0.05, 0) is 6.92 Å². The van der Waals surface area contributed by atoms with Gasteiger partial charge in [0.15, 0.2) is 12.0 Å². The van der Waals surface area contributed by atoms with Crippen molar-refractivity contribution >= 4 is 6.29 Å². The van der Waals surface area contributed by atoms with E-state index in [0.29, 0.717) is 5.69 Å². The van der Waals surface area contributed by atoms with Crippen molar-refractivity contribution in [2.75, 3.05) is 7.11 Å². The van der Waals surface area contributed by atoms with E-state index in [2.05, 4.69) is 9.72 Å². The first kappa shape index (κ1) is 12.3. The second-order valence-electron chi connectivity index (χ2n) is 2.83. The second kappa shape index (κ2) is 4.38. The molecule has 0 N–H and O–H groups in total. The van der Waals surface area contributed by atoms with Crippen LogP contribution in [0.2, 0.25) is 0 Å². The van der Waals surface area contributed by atoms with Crippen LogP contribution in [-0.2, 0) is 0 Å². The van der Waals surface area contributed by atoms with Crippen molar-refractivity contribution in [1.82, 2.24) is 4.98 Å². The van der Waals surface area contributed by atoms with Crippen molar-refractivity contribution in [2.45, 2.75) is 13.3 Å². The number of halogens is 3. The summed E-state index contributed by atoms with van der Waals surface area (Å²) in [4.78, 5) is 14.1. The van der Waals surface area contributed by atoms with Crippen LogP contribution >= 0.6 is 0 Å². The number of alkyl halides is 3. The van der Waals surface area contributed by atoms with Crippen LogP contribution in [0.1, 0.15) is 16.2 Å². The lowest BCUT2D eigenvalue weighted by molar-refractivity contribution is -0.274. The number of hydrogen-bond donors (Lipinski definition) is 0. The van der Waals surface area contributed by atoms with Gasteiger partial charge in [0.25, 0.3) is 0 Å². The van der Waals surface area contributed by atoms with E-state index in [4.69, 9.17) is 4.74 Å². The first-order chi connectivity index (χ1) is 7.37. The van der Waals surface area contributed by atoms with E-state index in [1.807, 2.05) is 0 Å². The van der Waals surface area contributed by atoms with Crippen molar-refractivity contribution in [1.29, 1.82) is 0 Å². The fourth-order valence-electron chi connectivity index (χ4n) is 1.09. The van der Waals surface area contributed by atoms with Crippen LogP contribution in [0.25, 0.3) is 0 Å². The summed E-state index contributed by atoms with van der Waals surface area (Å²) in [7, 11) is 1.28. The number of aldehydes is 1. The molecule has 0 fully saturated rings. The minimum atomic E-state index is -4.88. The molecule has 1 aromatic rings. The van der Waals surface area contributed by atoms with Crippen LogP contribution in [0, 0.1) is 6.92 Å². The van der Waals surface area contributed by atoms with Gasteiger partial charge < -0.3 is 9.47 Å². The number of ether oxygens (including phenoxy) is 2. The summed E-state index contributed by atoms with van der Waals surface area (Å²) in [6, 6.07) is 0.972. The van der Waals surface area contributed by atoms with E-state index in [1.54, 1.807) is 0 Å². The molecule has 0 saturated heterocycles. The minimum absolute atomic E-state index is 0.116. The molecule has 0 aliphatic heterocycles. The standard InChI is InChI=1S/C9H8F3NO3/c1-5-7(15-2)3-8(6(4-14)13-5)16-9(10,11)12/h3-4H,1-2H3. The maximum absolute atomic E-state index is 12.0. The van der Waals surface area contributed by atoms with Crippen LogP contribution in [-0.4, -0.2) is 24.7 Å². The topological polar surface area (TPSA) is 48.4 Å². The second-order valence-corrected chi connectivity index (χ2v) is 2.83. The van der Waals surface area contributed by atoms with Crippen LogP contribution in [0.4, 0.5) is 13.2 Å². The van der Waals surface area contributed by atoms with E-state index in [1.165, 1.54) is 14.0 Å². The van der Waals surface area contributed by atoms with Gasteiger partial charge in [-0.1, -0.05) is 0 Å². The number of nitrogens with zero attached hydrogens (tertiary/aromatic N) is 1. The average Bonchev–Trinajstić information content (AvgIpc) is 2.18. The summed E-state index contributed by atoms with van der Waals surface area (Å²) in [6.07, 6.45) is -4.69. The maximum atomic E-state index is 12.0. The number of aryl methyl sites for hydroxylation is 1. The fraction of sp³-hybridized carbons (Fsp3) is 0.333. The van der Waals surface area contributed by atoms with Crippen LogP contribution in [0.5, 0.6) is 11.5 Å². The number of carbonyl (C=O) groups is 1. The van der Waals surface area contributed by atoms with Crippen LogP contribution in [0.3, 0.4) is 0 Å². The molecule has 16 heavy (non-hydrogen) atoms. The zero-order valence-electron chi connectivity index (χ0n) is 8.46. The van der Waals surface area contributed by atoms with E-state index < -0.39 is 17.8 Å². The summed E-state index contributed by atoms with van der Waals surface area (Å²) in [5.74, 6) is -0.560. The highest BCUT2D eigenvalue weighted by molar-refractivity contribution is 5.77. The van der Waals surface area contributed by atoms with E-state index in [9.17, 15) is 18.0 Å². The average molecular weight is 235 g/mol. The van der Waals surface area contributed by atoms with Crippen molar-refractivity contribution < 1.29 is 27.4 Å². The number of hydrogen-bond acceptors (Lipinski definition) is 4. The molecule has 0 bridgehead atoms. The summed E-state index contributed by atoms with van der Waals surface area (Å²) in [5.41, 5.74) is -0.116. The predicted octanol–water partition coefficient (Wildman–Crippen LogP) is 2.11. The van der Waals surface area contributed by atoms with Crippen molar-refractivity contribution in [3.05, 3.63) is 17.5 Å². The SMILES string of the molecule is COc1cc(OC(F)(F)F)c(C=O)nc1C. The Morgan fingerprint density at radius 3 is 2.44 bits per heavy atom. The largest absolute Gasteiger partial charge is 0.573 e. The van der Waals surface area contributed by atoms with Crippen molar-refractivity contribution in [2.24, 2.45) is 0 Å². The summed E-state index contributed by atoms with van der Waals surface area (Å²) >= 11 is 0. The van der Waals surface area contributed by atoms with Gasteiger partial charge in [-0.15, -0.1) is 13.2 Å². The molecule has 88 valence electrons. The molecule has 0 spiro atoms. The third-order valence-corrected chi connectivity index (χ3v) is 1.72. The molecule has 1 rings (SSSR count). The highest BCUT2D eigenvalue weighted by atomic mass is 19.4. The first-order valence-electron chi connectivity index (χ1n) is 4.14. The minimum Gasteiger partial charge on any atom is -0.495 e. The Bertz CT molecular complexity index is 404. The molecule has 7 heteroatoms. The molecular weight excluding hydrogens is 227 g/mol. The lowest BCUT2D eigenvalue weighted by Gasteiger charge is -2.12. The summed E-state index contributed by atoms with van der Waals surface area (Å²) < 4.78 is 44.4. The number of rotatable bonds is 3. The van der Waals surface area contributed by atoms with Gasteiger partial charge in [0.1, 0.15) is 11.4 Å². The van der Waals surface area contributed by atoms with Gasteiger partial charge >= 0.3 is 6.36 Å². The highest BCUT2D eigenvalue weighted by Gasteiger charge is 2.32. The summed E-state index contributed by atoms with van der Waals surface area (Å²) in [6.45, 7) is 1.50. The predicted molar refractivity (Wildman–Crippen MR) is 47.6 cm³/mol. The molecule has 0 aliphatic rings. The Labute approximate surface area is 89.0 Å². The zero-order valence-corrected chi connectivity index (χ0v) is 8.46. The molecule has 0 radical (unpaired) electrons. The number of carbonyl (C=O) groups excluding carboxylic acids is 1. The van der Waals surface area contributed by atoms with Crippen molar-refractivity contribution in [3.8, 4) is 11.5 Å². The van der Waals surface area contributed by atoms with Gasteiger partial charge in [-0.2, -0.15) is 0 Å². The number of methoxy groups -OCH3 is 1. The van der Waals surface area contributed by atoms with Crippen LogP contribution < -0.4 is 9.47 Å². The molecule has 0 atom stereocenters. The third-order valence-electron chi connectivity index (χ3n) is 1.72. The molecule has 0 aliphatic carbocycles. The first-order valence-corrected chi connectivity index (χ1v) is 4.14. The Kier molecular flexibility index (Phi) is 3.36. The van der Waals surface area contributed by atoms with Gasteiger partial charge in [-0.3, -0.25) is 4.79 Å². The zero-order chi connectivity index (χ0) is 12.3. The normalized spacial score (nSPS) is 11.1. The quantitative estimate of drug-likeness (QED) is 0.753. The highest BCUT2D eigenvalue weighted by Crippen LogP contribution is 2.29. The molecule has 0 aromatic carbocycles. The smallest absolute Gasteiger partial charge is 0.495 e. The number of aromatic nitrogens is 1. The Balaban J connectivity index is 3.20. The Hall–Kier alpha value is -1.79. The van der Waals surface area contributed by atoms with Gasteiger partial charge in [0.2, 0.25) is 0 Å². The fourth-order valence-corrected chi connectivity index (χ4v) is 1.09. The molecule has 1 aromatic heterocycles. The van der Waals surface area contributed by atoms with Crippen molar-refractivity contribution in [3.63, 3.8) is 0 Å². The lowest BCUT2D eigenvalue weighted by Crippen LogP contribution is -2.18. The molecule has 1 heterocycles. The van der Waals surface area contributed by atoms with E-state index >= 15 is 0 Å². The van der Waals surface area contributed by atoms with E-state index in [0.717, 1.165) is 6.07 Å². The molecule has 0 saturated carbocycles. The third kappa shape index (κ3) is 2.85. The molecule has 0 unspecified atom stereocenters. The maximum Gasteiger partial charge on any atom is 0.573 e. The van der Waals surface area contributed by atoms with Crippen LogP contribution in [0.15, 0.2) is 6.07 Å². The Morgan fingerprint density at radius 1 is 1.38 bits per heavy atom. The molecular formula is C9H8F3NO3. The molecule has 0 amide bonds. The van der Waals surface area contributed by atoms with Gasteiger partial charge in [0, 0.05) is 6.07 Å². The number of pyridine rings is 1. The monoisotopic (exact) mass is 235 g/mol. The lowest BCUT2D eigenvalue weighted by atomic mass is 10.3. The Morgan fingerprint density at radius 2 is 2.00 bits per heavy atom.